The number of nitrogens with zero attached hydrogens (tertiary/aromatic N) is 1. The van der Waals surface area contributed by atoms with E-state index in [1.54, 1.807) is 12.1 Å². The van der Waals surface area contributed by atoms with Crippen LogP contribution < -0.4 is 15.0 Å². The van der Waals surface area contributed by atoms with Crippen molar-refractivity contribution >= 4 is 28.9 Å². The minimum Gasteiger partial charge on any atom is -0.506 e. The quantitative estimate of drug-likeness (QED) is 0.145. The van der Waals surface area contributed by atoms with Crippen LogP contribution in [0.5, 0.6) is 17.2 Å². The van der Waals surface area contributed by atoms with E-state index in [2.05, 4.69) is 38.2 Å². The van der Waals surface area contributed by atoms with E-state index in [1.807, 2.05) is 13.0 Å². The van der Waals surface area contributed by atoms with Crippen LogP contribution in [0.3, 0.4) is 0 Å². The summed E-state index contributed by atoms with van der Waals surface area (Å²) in [4.78, 5) is 26.6. The Labute approximate surface area is 218 Å². The second-order valence-corrected chi connectivity index (χ2v) is 9.63. The maximum absolute atomic E-state index is 13.6. The van der Waals surface area contributed by atoms with Gasteiger partial charge in [0.15, 0.2) is 0 Å². The molecule has 0 saturated heterocycles. The number of para-hydroxylation sites is 1. The molecule has 1 aliphatic heterocycles. The summed E-state index contributed by atoms with van der Waals surface area (Å²) in [6.45, 7) is 9.90. The van der Waals surface area contributed by atoms with Crippen LogP contribution >= 0.6 is 0 Å². The molecule has 3 N–H and O–H groups in total. The van der Waals surface area contributed by atoms with Crippen LogP contribution in [0.2, 0.25) is 0 Å². The average Bonchev–Trinajstić information content (AvgIpc) is 2.92. The molecule has 0 bridgehead atoms. The van der Waals surface area contributed by atoms with Gasteiger partial charge in [-0.1, -0.05) is 41.0 Å². The van der Waals surface area contributed by atoms with Gasteiger partial charge in [-0.2, -0.15) is 0 Å². The van der Waals surface area contributed by atoms with Crippen molar-refractivity contribution in [1.29, 1.82) is 0 Å². The van der Waals surface area contributed by atoms with E-state index in [-0.39, 0.29) is 46.6 Å². The van der Waals surface area contributed by atoms with Crippen LogP contribution in [0.25, 0.3) is 0 Å². The van der Waals surface area contributed by atoms with Gasteiger partial charge >= 0.3 is 5.97 Å². The molecule has 2 aromatic rings. The first kappa shape index (κ1) is 27.6. The number of hydrogen-bond donors (Lipinski definition) is 3. The third kappa shape index (κ3) is 7.26. The molecule has 0 aromatic heterocycles. The van der Waals surface area contributed by atoms with Crippen LogP contribution in [-0.4, -0.2) is 28.6 Å². The summed E-state index contributed by atoms with van der Waals surface area (Å²) >= 11 is 0. The summed E-state index contributed by atoms with van der Waals surface area (Å²) < 4.78 is 5.19. The Kier molecular flexibility index (Phi) is 9.17. The number of phenols is 2. The summed E-state index contributed by atoms with van der Waals surface area (Å²) in [5.41, 5.74) is 4.88. The highest BCUT2D eigenvalue weighted by Gasteiger charge is 2.30. The fourth-order valence-electron chi connectivity index (χ4n) is 4.15. The van der Waals surface area contributed by atoms with Crippen LogP contribution in [0.15, 0.2) is 65.3 Å². The van der Waals surface area contributed by atoms with Crippen LogP contribution in [-0.2, 0) is 4.79 Å². The van der Waals surface area contributed by atoms with Crippen molar-refractivity contribution in [2.45, 2.75) is 60.3 Å². The second-order valence-electron chi connectivity index (χ2n) is 9.63. The van der Waals surface area contributed by atoms with Crippen molar-refractivity contribution in [2.24, 2.45) is 0 Å². The number of carbonyl (C=O) groups excluding carboxylic acids is 2. The second kappa shape index (κ2) is 12.3. The molecule has 3 rings (SSSR count). The number of allylic oxidation sites excluding steroid dienone is 5. The number of anilines is 3. The van der Waals surface area contributed by atoms with Crippen molar-refractivity contribution in [3.8, 4) is 17.2 Å². The van der Waals surface area contributed by atoms with Gasteiger partial charge in [-0.25, -0.2) is 0 Å². The van der Waals surface area contributed by atoms with E-state index in [9.17, 15) is 19.8 Å². The Bertz CT molecular complexity index is 1270. The first-order valence-electron chi connectivity index (χ1n) is 12.5. The smallest absolute Gasteiger partial charge is 0.308 e. The lowest BCUT2D eigenvalue weighted by Gasteiger charge is -2.23. The lowest BCUT2D eigenvalue weighted by atomic mass is 10.1. The molecule has 196 valence electrons. The summed E-state index contributed by atoms with van der Waals surface area (Å²) in [5.74, 6) is -1.10. The maximum Gasteiger partial charge on any atom is 0.308 e. The molecule has 1 heterocycles. The molecule has 1 aliphatic rings. The zero-order valence-electron chi connectivity index (χ0n) is 22.2. The van der Waals surface area contributed by atoms with E-state index in [4.69, 9.17) is 4.74 Å². The molecule has 0 fully saturated rings. The largest absolute Gasteiger partial charge is 0.506 e. The van der Waals surface area contributed by atoms with Crippen LogP contribution in [0, 0.1) is 0 Å². The summed E-state index contributed by atoms with van der Waals surface area (Å²) in [7, 11) is 0. The van der Waals surface area contributed by atoms with Crippen molar-refractivity contribution in [1.82, 2.24) is 0 Å². The summed E-state index contributed by atoms with van der Waals surface area (Å²) in [6, 6.07) is 7.52. The van der Waals surface area contributed by atoms with Gasteiger partial charge in [-0.3, -0.25) is 9.59 Å². The van der Waals surface area contributed by atoms with Crippen molar-refractivity contribution in [2.75, 3.05) is 16.8 Å². The van der Waals surface area contributed by atoms with E-state index in [0.717, 1.165) is 31.3 Å². The molecule has 7 nitrogen and oxygen atoms in total. The fraction of sp³-hybridized carbons (Fsp3) is 0.333. The molecule has 0 atom stereocenters. The van der Waals surface area contributed by atoms with Crippen molar-refractivity contribution in [3.63, 3.8) is 0 Å². The summed E-state index contributed by atoms with van der Waals surface area (Å²) in [5, 5.41) is 24.1. The molecule has 0 unspecified atom stereocenters. The van der Waals surface area contributed by atoms with Crippen molar-refractivity contribution < 1.29 is 24.5 Å². The molecule has 37 heavy (non-hydrogen) atoms. The molecule has 0 saturated carbocycles. The number of benzene rings is 2. The molecular weight excluding hydrogens is 468 g/mol. The Balaban J connectivity index is 1.86. The van der Waals surface area contributed by atoms with Crippen LogP contribution in [0.1, 0.15) is 70.7 Å². The average molecular weight is 505 g/mol. The van der Waals surface area contributed by atoms with Gasteiger partial charge in [0.05, 0.1) is 16.9 Å². The highest BCUT2D eigenvalue weighted by molar-refractivity contribution is 6.15. The normalized spacial score (nSPS) is 13.3. The van der Waals surface area contributed by atoms with Gasteiger partial charge in [-0.05, 0) is 65.5 Å². The zero-order chi connectivity index (χ0) is 27.1. The number of nitrogens with one attached hydrogen (secondary N) is 1. The molecule has 0 radical (unpaired) electrons. The third-order valence-corrected chi connectivity index (χ3v) is 6.14. The number of aromatic hydroxyl groups is 2. The molecule has 7 heteroatoms. The minimum absolute atomic E-state index is 0.111. The first-order valence-corrected chi connectivity index (χ1v) is 12.5. The Morgan fingerprint density at radius 2 is 1.59 bits per heavy atom. The van der Waals surface area contributed by atoms with Gasteiger partial charge in [0.25, 0.3) is 5.91 Å². The number of hydrogen-bond acceptors (Lipinski definition) is 6. The van der Waals surface area contributed by atoms with Gasteiger partial charge in [-0.15, -0.1) is 0 Å². The zero-order valence-corrected chi connectivity index (χ0v) is 22.2. The number of phenolic OH excluding ortho intramolecular Hbond substituents is 2. The standard InChI is InChI=1S/C30H36N2O5/c1-19(2)9-6-10-20(3)11-7-12-21(4)15-16-32-25-17-23(37-22(5)33)18-27(35)29(25)31-28-24(30(32)36)13-8-14-26(28)34/h8-9,11,13-15,17-18,31,34-35H,6-7,10,12,16H2,1-5H3/b20-11+,21-15+. The molecule has 0 spiro atoms. The van der Waals surface area contributed by atoms with E-state index >= 15 is 0 Å². The number of esters is 1. The number of amides is 1. The van der Waals surface area contributed by atoms with Crippen LogP contribution in [0.4, 0.5) is 17.1 Å². The highest BCUT2D eigenvalue weighted by atomic mass is 16.5. The maximum atomic E-state index is 13.6. The minimum atomic E-state index is -0.542. The lowest BCUT2D eigenvalue weighted by Crippen LogP contribution is -2.30. The van der Waals surface area contributed by atoms with Gasteiger partial charge in [0.2, 0.25) is 0 Å². The van der Waals surface area contributed by atoms with Crippen molar-refractivity contribution in [3.05, 3.63) is 70.8 Å². The number of rotatable bonds is 9. The van der Waals surface area contributed by atoms with E-state index in [1.165, 1.54) is 41.2 Å². The number of ether oxygens (including phenoxy) is 1. The Morgan fingerprint density at radius 1 is 0.919 bits per heavy atom. The fourth-order valence-corrected chi connectivity index (χ4v) is 4.15. The van der Waals surface area contributed by atoms with Gasteiger partial charge in [0, 0.05) is 25.6 Å². The number of carbonyl (C=O) groups is 2. The highest BCUT2D eigenvalue weighted by Crippen LogP contribution is 2.46. The predicted octanol–water partition coefficient (Wildman–Crippen LogP) is 7.15. The molecule has 0 aliphatic carbocycles. The molecule has 2 aromatic carbocycles. The first-order chi connectivity index (χ1) is 17.6. The van der Waals surface area contributed by atoms with Gasteiger partial charge in [0.1, 0.15) is 22.9 Å². The lowest BCUT2D eigenvalue weighted by molar-refractivity contribution is -0.131. The topological polar surface area (TPSA) is 99.1 Å². The molecule has 1 amide bonds. The van der Waals surface area contributed by atoms with E-state index in [0.29, 0.717) is 5.69 Å². The van der Waals surface area contributed by atoms with Gasteiger partial charge < -0.3 is 25.2 Å². The van der Waals surface area contributed by atoms with E-state index < -0.39 is 5.97 Å². The number of fused-ring (bicyclic) bond motifs is 2. The Morgan fingerprint density at radius 3 is 2.27 bits per heavy atom. The molecular formula is C30H36N2O5. The Hall–Kier alpha value is -4.00. The monoisotopic (exact) mass is 504 g/mol. The SMILES string of the molecule is CC(=O)Oc1cc(O)c2c(c1)N(C/C=C(\C)CC/C=C(\C)CCC=C(C)C)C(=O)c1cccc(O)c1N2. The predicted molar refractivity (Wildman–Crippen MR) is 148 cm³/mol. The summed E-state index contributed by atoms with van der Waals surface area (Å²) in [6.07, 6.45) is 10.3. The third-order valence-electron chi connectivity index (χ3n) is 6.14.